The molecule has 2 aromatic carbocycles. The smallest absolute Gasteiger partial charge is 0.229 e. The Balaban J connectivity index is 3.18. The van der Waals surface area contributed by atoms with Gasteiger partial charge in [-0.2, -0.15) is 0 Å². The second-order valence-corrected chi connectivity index (χ2v) is 13.3. The molecule has 2 rings (SSSR count). The molecule has 0 aliphatic carbocycles. The Morgan fingerprint density at radius 3 is 1.14 bits per heavy atom. The summed E-state index contributed by atoms with van der Waals surface area (Å²) in [7, 11) is 0. The Hall–Kier alpha value is -2.22. The first kappa shape index (κ1) is 36.0. The Morgan fingerprint density at radius 1 is 0.500 bits per heavy atom. The highest BCUT2D eigenvalue weighted by atomic mass is 16.2. The second-order valence-electron chi connectivity index (χ2n) is 13.3. The van der Waals surface area contributed by atoms with E-state index in [4.69, 9.17) is 0 Å². The van der Waals surface area contributed by atoms with Crippen LogP contribution in [0.4, 0.5) is 0 Å². The van der Waals surface area contributed by atoms with Crippen molar-refractivity contribution in [2.75, 3.05) is 0 Å². The zero-order chi connectivity index (χ0) is 31.4. The highest BCUT2D eigenvalue weighted by Crippen LogP contribution is 2.49. The van der Waals surface area contributed by atoms with E-state index in [0.717, 1.165) is 75.3 Å². The highest BCUT2D eigenvalue weighted by molar-refractivity contribution is 6.45. The van der Waals surface area contributed by atoms with Crippen molar-refractivity contribution < 1.29 is 9.59 Å². The van der Waals surface area contributed by atoms with Gasteiger partial charge in [0.05, 0.1) is 0 Å². The summed E-state index contributed by atoms with van der Waals surface area (Å²) < 4.78 is 0. The SMILES string of the molecule is CCCC(C)c1c(C(=O)C(=O)Cc2ccccc2)c(C(C)CCC)c(C(C)CCC)c(C(C)CCC)c1C(C)CCC. The Kier molecular flexibility index (Phi) is 15.2. The molecule has 0 heterocycles. The summed E-state index contributed by atoms with van der Waals surface area (Å²) in [5.74, 6) is 1.04. The molecule has 0 radical (unpaired) electrons. The predicted molar refractivity (Wildman–Crippen MR) is 183 cm³/mol. The largest absolute Gasteiger partial charge is 0.290 e. The number of ketones is 2. The van der Waals surface area contributed by atoms with Crippen molar-refractivity contribution in [2.24, 2.45) is 0 Å². The molecule has 42 heavy (non-hydrogen) atoms. The van der Waals surface area contributed by atoms with Crippen LogP contribution in [0.2, 0.25) is 0 Å². The van der Waals surface area contributed by atoms with E-state index in [9.17, 15) is 9.59 Å². The lowest BCUT2D eigenvalue weighted by atomic mass is 9.67. The fourth-order valence-electron chi connectivity index (χ4n) is 7.60. The van der Waals surface area contributed by atoms with Crippen molar-refractivity contribution in [1.29, 1.82) is 0 Å². The van der Waals surface area contributed by atoms with Gasteiger partial charge in [-0.3, -0.25) is 9.59 Å². The van der Waals surface area contributed by atoms with Crippen LogP contribution in [0.3, 0.4) is 0 Å². The van der Waals surface area contributed by atoms with Gasteiger partial charge in [0.15, 0.2) is 0 Å². The van der Waals surface area contributed by atoms with Crippen LogP contribution in [0.5, 0.6) is 0 Å². The van der Waals surface area contributed by atoms with Crippen molar-refractivity contribution >= 4 is 11.6 Å². The van der Waals surface area contributed by atoms with Gasteiger partial charge in [0.25, 0.3) is 0 Å². The average molecular weight is 575 g/mol. The van der Waals surface area contributed by atoms with Gasteiger partial charge in [-0.1, -0.05) is 132 Å². The summed E-state index contributed by atoms with van der Waals surface area (Å²) in [5.41, 5.74) is 8.50. The lowest BCUT2D eigenvalue weighted by molar-refractivity contribution is -0.114. The number of benzene rings is 2. The Labute approximate surface area is 259 Å². The number of hydrogen-bond acceptors (Lipinski definition) is 2. The fourth-order valence-corrected chi connectivity index (χ4v) is 7.60. The van der Waals surface area contributed by atoms with E-state index >= 15 is 0 Å². The van der Waals surface area contributed by atoms with Crippen LogP contribution >= 0.6 is 0 Å². The van der Waals surface area contributed by atoms with E-state index in [1.807, 2.05) is 30.3 Å². The van der Waals surface area contributed by atoms with Crippen molar-refractivity contribution in [2.45, 2.75) is 169 Å². The van der Waals surface area contributed by atoms with Crippen LogP contribution in [0.25, 0.3) is 0 Å². The lowest BCUT2D eigenvalue weighted by Gasteiger charge is -2.37. The first-order chi connectivity index (χ1) is 20.1. The Bertz CT molecular complexity index is 1080. The van der Waals surface area contributed by atoms with E-state index in [2.05, 4.69) is 69.2 Å². The molecular formula is C40H62O2. The van der Waals surface area contributed by atoms with Gasteiger partial charge in [-0.15, -0.1) is 0 Å². The van der Waals surface area contributed by atoms with Gasteiger partial charge in [0, 0.05) is 12.0 Å². The first-order valence-corrected chi connectivity index (χ1v) is 17.4. The summed E-state index contributed by atoms with van der Waals surface area (Å²) in [6.07, 6.45) is 11.0. The molecule has 2 heteroatoms. The summed E-state index contributed by atoms with van der Waals surface area (Å²) in [5, 5.41) is 0. The minimum absolute atomic E-state index is 0.163. The first-order valence-electron chi connectivity index (χ1n) is 17.4. The third-order valence-electron chi connectivity index (χ3n) is 9.46. The summed E-state index contributed by atoms with van der Waals surface area (Å²) in [6, 6.07) is 9.80. The summed E-state index contributed by atoms with van der Waals surface area (Å²) in [6.45, 7) is 23.1. The molecule has 5 atom stereocenters. The monoisotopic (exact) mass is 574 g/mol. The molecule has 0 aliphatic rings. The van der Waals surface area contributed by atoms with Gasteiger partial charge in [0.2, 0.25) is 11.6 Å². The molecule has 0 saturated carbocycles. The molecule has 2 nitrogen and oxygen atoms in total. The maximum atomic E-state index is 14.7. The predicted octanol–water partition coefficient (Wildman–Crippen LogP) is 12.2. The number of carbonyl (C=O) groups is 2. The van der Waals surface area contributed by atoms with Crippen LogP contribution in [0.1, 0.15) is 207 Å². The van der Waals surface area contributed by atoms with E-state index in [-0.39, 0.29) is 29.8 Å². The van der Waals surface area contributed by atoms with Crippen LogP contribution in [0, 0.1) is 0 Å². The van der Waals surface area contributed by atoms with Gasteiger partial charge in [-0.25, -0.2) is 0 Å². The number of rotatable bonds is 19. The summed E-state index contributed by atoms with van der Waals surface area (Å²) in [4.78, 5) is 28.7. The molecular weight excluding hydrogens is 512 g/mol. The molecule has 0 amide bonds. The zero-order valence-electron chi connectivity index (χ0n) is 28.9. The van der Waals surface area contributed by atoms with Crippen LogP contribution < -0.4 is 0 Å². The molecule has 0 N–H and O–H groups in total. The van der Waals surface area contributed by atoms with Gasteiger partial charge >= 0.3 is 0 Å². The number of hydrogen-bond donors (Lipinski definition) is 0. The average Bonchev–Trinajstić information content (AvgIpc) is 2.96. The van der Waals surface area contributed by atoms with Crippen molar-refractivity contribution in [3.63, 3.8) is 0 Å². The molecule has 5 unspecified atom stereocenters. The Morgan fingerprint density at radius 2 is 0.810 bits per heavy atom. The van der Waals surface area contributed by atoms with Crippen molar-refractivity contribution in [1.82, 2.24) is 0 Å². The molecule has 234 valence electrons. The van der Waals surface area contributed by atoms with E-state index < -0.39 is 0 Å². The van der Waals surface area contributed by atoms with Crippen molar-refractivity contribution in [3.05, 3.63) is 69.3 Å². The highest BCUT2D eigenvalue weighted by Gasteiger charge is 2.37. The van der Waals surface area contributed by atoms with Gasteiger partial charge in [0.1, 0.15) is 0 Å². The van der Waals surface area contributed by atoms with E-state index in [0.29, 0.717) is 17.8 Å². The minimum Gasteiger partial charge on any atom is -0.290 e. The van der Waals surface area contributed by atoms with Crippen LogP contribution in [-0.2, 0) is 11.2 Å². The maximum Gasteiger partial charge on any atom is 0.229 e. The molecule has 0 saturated heterocycles. The lowest BCUT2D eigenvalue weighted by Crippen LogP contribution is -2.27. The fraction of sp³-hybridized carbons (Fsp3) is 0.650. The number of carbonyl (C=O) groups excluding carboxylic acids is 2. The third-order valence-corrected chi connectivity index (χ3v) is 9.46. The van der Waals surface area contributed by atoms with Crippen LogP contribution in [-0.4, -0.2) is 11.6 Å². The summed E-state index contributed by atoms with van der Waals surface area (Å²) >= 11 is 0. The molecule has 0 fully saturated rings. The van der Waals surface area contributed by atoms with Gasteiger partial charge in [-0.05, 0) is 95.1 Å². The third kappa shape index (κ3) is 8.67. The normalized spacial score (nSPS) is 15.2. The van der Waals surface area contributed by atoms with E-state index in [1.165, 1.54) is 27.8 Å². The quantitative estimate of drug-likeness (QED) is 0.123. The van der Waals surface area contributed by atoms with Gasteiger partial charge < -0.3 is 0 Å². The molecule has 0 spiro atoms. The number of Topliss-reactive ketones (excluding diaryl/α,β-unsaturated/α-hetero) is 2. The molecule has 0 aromatic heterocycles. The van der Waals surface area contributed by atoms with Crippen LogP contribution in [0.15, 0.2) is 30.3 Å². The zero-order valence-corrected chi connectivity index (χ0v) is 28.9. The topological polar surface area (TPSA) is 34.1 Å². The molecule has 0 aliphatic heterocycles. The van der Waals surface area contributed by atoms with E-state index in [1.54, 1.807) is 0 Å². The standard InChI is InChI=1S/C40H62O2/c1-11-19-27(6)34-35(28(7)20-12-2)37(30(9)22-14-4)39(40(42)33(41)26-32-24-17-16-18-25-32)38(31(10)23-15-5)36(34)29(8)21-13-3/h16-18,24-25,27-31H,11-15,19-23,26H2,1-10H3. The maximum absolute atomic E-state index is 14.7. The molecule has 2 aromatic rings. The second kappa shape index (κ2) is 17.8. The molecule has 0 bridgehead atoms. The van der Waals surface area contributed by atoms with Crippen molar-refractivity contribution in [3.8, 4) is 0 Å². The minimum atomic E-state index is -0.270.